The third kappa shape index (κ3) is 4.67. The maximum Gasteiger partial charge on any atom is 0.258 e. The Bertz CT molecular complexity index is 1060. The van der Waals surface area contributed by atoms with Gasteiger partial charge in [-0.3, -0.25) is 23.8 Å². The molecule has 29 heavy (non-hydrogen) atoms. The van der Waals surface area contributed by atoms with E-state index in [1.807, 2.05) is 12.3 Å². The summed E-state index contributed by atoms with van der Waals surface area (Å²) in [5.41, 5.74) is 1.49. The van der Waals surface area contributed by atoms with Gasteiger partial charge in [0.2, 0.25) is 5.91 Å². The molecule has 1 aliphatic rings. The van der Waals surface area contributed by atoms with Crippen LogP contribution in [0.15, 0.2) is 46.7 Å². The predicted molar refractivity (Wildman–Crippen MR) is 116 cm³/mol. The highest BCUT2D eigenvalue weighted by Crippen LogP contribution is 2.15. The molecule has 0 bridgehead atoms. The zero-order chi connectivity index (χ0) is 20.4. The van der Waals surface area contributed by atoms with E-state index in [9.17, 15) is 9.59 Å². The molecule has 3 aromatic rings. The lowest BCUT2D eigenvalue weighted by molar-refractivity contribution is -0.121. The second-order valence-corrected chi connectivity index (χ2v) is 8.43. The first-order valence-corrected chi connectivity index (χ1v) is 10.7. The van der Waals surface area contributed by atoms with Gasteiger partial charge in [0.05, 0.1) is 11.7 Å². The van der Waals surface area contributed by atoms with E-state index in [1.165, 1.54) is 11.3 Å². The van der Waals surface area contributed by atoms with Gasteiger partial charge >= 0.3 is 0 Å². The largest absolute Gasteiger partial charge is 0.325 e. The Morgan fingerprint density at radius 1 is 1.24 bits per heavy atom. The van der Waals surface area contributed by atoms with Gasteiger partial charge in [0.15, 0.2) is 4.96 Å². The highest BCUT2D eigenvalue weighted by molar-refractivity contribution is 7.15. The van der Waals surface area contributed by atoms with Crippen LogP contribution in [0.3, 0.4) is 0 Å². The Balaban J connectivity index is 1.31. The molecular formula is C20H22ClN5O2S. The smallest absolute Gasteiger partial charge is 0.258 e. The number of carbonyl (C=O) groups is 1. The molecule has 1 aromatic carbocycles. The molecule has 1 aliphatic heterocycles. The third-order valence-electron chi connectivity index (χ3n) is 5.19. The van der Waals surface area contributed by atoms with Gasteiger partial charge in [-0.1, -0.05) is 11.6 Å². The summed E-state index contributed by atoms with van der Waals surface area (Å²) in [7, 11) is 0. The van der Waals surface area contributed by atoms with E-state index in [-0.39, 0.29) is 17.5 Å². The number of hydrogen-bond acceptors (Lipinski definition) is 6. The lowest BCUT2D eigenvalue weighted by atomic mass is 10.2. The zero-order valence-corrected chi connectivity index (χ0v) is 17.6. The first-order valence-electron chi connectivity index (χ1n) is 9.48. The van der Waals surface area contributed by atoms with E-state index in [2.05, 4.69) is 20.1 Å². The van der Waals surface area contributed by atoms with Gasteiger partial charge in [0, 0.05) is 61.1 Å². The number of benzene rings is 1. The summed E-state index contributed by atoms with van der Waals surface area (Å²) in [6.45, 7) is 5.79. The molecule has 1 atom stereocenters. The van der Waals surface area contributed by atoms with Crippen LogP contribution in [-0.2, 0) is 11.3 Å². The van der Waals surface area contributed by atoms with Crippen molar-refractivity contribution in [3.8, 4) is 0 Å². The van der Waals surface area contributed by atoms with Crippen molar-refractivity contribution in [2.24, 2.45) is 0 Å². The van der Waals surface area contributed by atoms with Crippen molar-refractivity contribution >= 4 is 39.5 Å². The molecule has 1 amide bonds. The normalized spacial score (nSPS) is 16.8. The van der Waals surface area contributed by atoms with Gasteiger partial charge in [0.1, 0.15) is 0 Å². The van der Waals surface area contributed by atoms with Crippen LogP contribution in [0.5, 0.6) is 0 Å². The Labute approximate surface area is 177 Å². The van der Waals surface area contributed by atoms with Crippen LogP contribution in [0.2, 0.25) is 5.02 Å². The monoisotopic (exact) mass is 431 g/mol. The van der Waals surface area contributed by atoms with Gasteiger partial charge in [-0.05, 0) is 31.2 Å². The summed E-state index contributed by atoms with van der Waals surface area (Å²) in [4.78, 5) is 34.4. The van der Waals surface area contributed by atoms with Crippen molar-refractivity contribution in [1.29, 1.82) is 0 Å². The second kappa shape index (κ2) is 8.62. The number of anilines is 1. The van der Waals surface area contributed by atoms with E-state index in [1.54, 1.807) is 40.9 Å². The molecule has 1 fully saturated rings. The summed E-state index contributed by atoms with van der Waals surface area (Å²) in [5.74, 6) is -0.0291. The van der Waals surface area contributed by atoms with Crippen LogP contribution in [0.1, 0.15) is 12.6 Å². The summed E-state index contributed by atoms with van der Waals surface area (Å²) >= 11 is 7.35. The summed E-state index contributed by atoms with van der Waals surface area (Å²) in [6, 6.07) is 8.49. The van der Waals surface area contributed by atoms with Gasteiger partial charge < -0.3 is 5.32 Å². The fourth-order valence-electron chi connectivity index (χ4n) is 3.45. The number of nitrogens with one attached hydrogen (secondary N) is 1. The van der Waals surface area contributed by atoms with Crippen LogP contribution < -0.4 is 10.9 Å². The number of rotatable bonds is 5. The number of piperazine rings is 1. The highest BCUT2D eigenvalue weighted by Gasteiger charge is 2.26. The highest BCUT2D eigenvalue weighted by atomic mass is 35.5. The Hall–Kier alpha value is -2.26. The Kier molecular flexibility index (Phi) is 5.96. The van der Waals surface area contributed by atoms with E-state index in [0.717, 1.165) is 42.5 Å². The van der Waals surface area contributed by atoms with Gasteiger partial charge in [-0.25, -0.2) is 4.98 Å². The molecule has 1 unspecified atom stereocenters. The molecule has 9 heteroatoms. The molecular weight excluding hydrogens is 410 g/mol. The van der Waals surface area contributed by atoms with Gasteiger partial charge in [0.25, 0.3) is 5.56 Å². The van der Waals surface area contributed by atoms with Crippen molar-refractivity contribution in [2.75, 3.05) is 31.5 Å². The number of carbonyl (C=O) groups excluding carboxylic acids is 1. The van der Waals surface area contributed by atoms with Gasteiger partial charge in [-0.15, -0.1) is 11.3 Å². The summed E-state index contributed by atoms with van der Waals surface area (Å²) < 4.78 is 1.56. The standard InChI is InChI=1S/C20H22ClN5O2S/c1-14(19(28)22-16-4-2-15(21)3-5-16)25-8-6-24(7-9-25)13-17-12-18(27)26-10-11-29-20(26)23-17/h2-5,10-12,14H,6-9,13H2,1H3,(H,22,28). The van der Waals surface area contributed by atoms with Crippen LogP contribution >= 0.6 is 22.9 Å². The van der Waals surface area contributed by atoms with Gasteiger partial charge in [-0.2, -0.15) is 0 Å². The van der Waals surface area contributed by atoms with Crippen molar-refractivity contribution in [2.45, 2.75) is 19.5 Å². The number of aromatic nitrogens is 2. The number of amides is 1. The molecule has 4 rings (SSSR count). The lowest BCUT2D eigenvalue weighted by Crippen LogP contribution is -2.52. The van der Waals surface area contributed by atoms with E-state index < -0.39 is 0 Å². The Morgan fingerprint density at radius 3 is 2.69 bits per heavy atom. The maximum atomic E-state index is 12.6. The number of halogens is 1. The number of nitrogens with zero attached hydrogens (tertiary/aromatic N) is 4. The lowest BCUT2D eigenvalue weighted by Gasteiger charge is -2.37. The van der Waals surface area contributed by atoms with E-state index in [0.29, 0.717) is 11.6 Å². The average molecular weight is 432 g/mol. The molecule has 0 radical (unpaired) electrons. The fraction of sp³-hybridized carbons (Fsp3) is 0.350. The minimum absolute atomic E-state index is 0.0291. The SMILES string of the molecule is CC(C(=O)Nc1ccc(Cl)cc1)N1CCN(Cc2cc(=O)n3ccsc3n2)CC1. The average Bonchev–Trinajstić information content (AvgIpc) is 3.19. The molecule has 1 N–H and O–H groups in total. The summed E-state index contributed by atoms with van der Waals surface area (Å²) in [5, 5.41) is 5.44. The topological polar surface area (TPSA) is 70.0 Å². The Morgan fingerprint density at radius 2 is 1.97 bits per heavy atom. The van der Waals surface area contributed by atoms with Crippen LogP contribution in [0.25, 0.3) is 4.96 Å². The zero-order valence-electron chi connectivity index (χ0n) is 16.0. The molecule has 152 valence electrons. The first kappa shape index (κ1) is 20.0. The quantitative estimate of drug-likeness (QED) is 0.672. The van der Waals surface area contributed by atoms with Crippen LogP contribution in [0.4, 0.5) is 5.69 Å². The number of hydrogen-bond donors (Lipinski definition) is 1. The minimum Gasteiger partial charge on any atom is -0.325 e. The van der Waals surface area contributed by atoms with Crippen LogP contribution in [0, 0.1) is 0 Å². The molecule has 1 saturated heterocycles. The fourth-order valence-corrected chi connectivity index (χ4v) is 4.32. The first-order chi connectivity index (χ1) is 14.0. The van der Waals surface area contributed by atoms with E-state index in [4.69, 9.17) is 11.6 Å². The molecule has 0 saturated carbocycles. The third-order valence-corrected chi connectivity index (χ3v) is 6.20. The van der Waals surface area contributed by atoms with E-state index >= 15 is 0 Å². The van der Waals surface area contributed by atoms with Crippen molar-refractivity contribution in [3.05, 3.63) is 63.0 Å². The summed E-state index contributed by atoms with van der Waals surface area (Å²) in [6.07, 6.45) is 1.74. The molecule has 0 spiro atoms. The number of fused-ring (bicyclic) bond motifs is 1. The molecule has 7 nitrogen and oxygen atoms in total. The minimum atomic E-state index is -0.224. The maximum absolute atomic E-state index is 12.6. The van der Waals surface area contributed by atoms with Crippen molar-refractivity contribution < 1.29 is 4.79 Å². The molecule has 3 heterocycles. The second-order valence-electron chi connectivity index (χ2n) is 7.13. The van der Waals surface area contributed by atoms with Crippen molar-refractivity contribution in [3.63, 3.8) is 0 Å². The van der Waals surface area contributed by atoms with Crippen molar-refractivity contribution in [1.82, 2.24) is 19.2 Å². The molecule has 2 aromatic heterocycles. The molecule has 0 aliphatic carbocycles. The number of thiazole rings is 1. The predicted octanol–water partition coefficient (Wildman–Crippen LogP) is 2.55. The van der Waals surface area contributed by atoms with Crippen LogP contribution in [-0.4, -0.2) is 57.3 Å².